The monoisotopic (exact) mass is 257 g/mol. The number of carbonyl (C=O) groups excluding carboxylic acids is 3. The molecule has 1 aliphatic rings. The number of imide groups is 1. The minimum atomic E-state index is -1.10. The quantitative estimate of drug-likeness (QED) is 0.594. The second kappa shape index (κ2) is 6.58. The molecule has 1 fully saturated rings. The number of hydrogen-bond donors (Lipinski definition) is 3. The molecule has 18 heavy (non-hydrogen) atoms. The van der Waals surface area contributed by atoms with Crippen LogP contribution < -0.4 is 10.6 Å². The lowest BCUT2D eigenvalue weighted by Crippen LogP contribution is -2.45. The van der Waals surface area contributed by atoms with Gasteiger partial charge in [-0.3, -0.25) is 19.7 Å². The average Bonchev–Trinajstić information content (AvgIpc) is 2.51. The van der Waals surface area contributed by atoms with Crippen molar-refractivity contribution in [2.24, 2.45) is 0 Å². The summed E-state index contributed by atoms with van der Waals surface area (Å²) in [5, 5.41) is 13.0. The van der Waals surface area contributed by atoms with Gasteiger partial charge in [-0.05, 0) is 6.42 Å². The van der Waals surface area contributed by atoms with Gasteiger partial charge in [0.25, 0.3) is 0 Å². The van der Waals surface area contributed by atoms with Crippen LogP contribution in [-0.2, 0) is 14.4 Å². The Morgan fingerprint density at radius 2 is 2.06 bits per heavy atom. The van der Waals surface area contributed by atoms with E-state index in [0.29, 0.717) is 19.5 Å². The number of urea groups is 1. The fraction of sp³-hybridized carbons (Fsp3) is 0.600. The highest BCUT2D eigenvalue weighted by Crippen LogP contribution is 1.98. The van der Waals surface area contributed by atoms with Gasteiger partial charge < -0.3 is 15.3 Å². The molecule has 0 bridgehead atoms. The van der Waals surface area contributed by atoms with Gasteiger partial charge in [-0.1, -0.05) is 0 Å². The SMILES string of the molecule is O=C(O)CCC(=O)NC(=O)N1CCCNC(=O)C1. The fourth-order valence-electron chi connectivity index (χ4n) is 1.46. The summed E-state index contributed by atoms with van der Waals surface area (Å²) in [6.07, 6.45) is 0.0170. The predicted octanol–water partition coefficient (Wildman–Crippen LogP) is -1.09. The minimum absolute atomic E-state index is 0.0992. The number of aliphatic carboxylic acids is 1. The number of nitrogens with one attached hydrogen (secondary N) is 2. The second-order valence-corrected chi connectivity index (χ2v) is 3.87. The first-order chi connectivity index (χ1) is 8.49. The Kier molecular flexibility index (Phi) is 5.09. The summed E-state index contributed by atoms with van der Waals surface area (Å²) in [4.78, 5) is 45.5. The summed E-state index contributed by atoms with van der Waals surface area (Å²) in [5.41, 5.74) is 0. The number of carbonyl (C=O) groups is 4. The van der Waals surface area contributed by atoms with Crippen molar-refractivity contribution in [3.05, 3.63) is 0 Å². The van der Waals surface area contributed by atoms with E-state index in [1.165, 1.54) is 4.90 Å². The average molecular weight is 257 g/mol. The molecule has 0 aromatic rings. The molecule has 0 aromatic heterocycles. The van der Waals surface area contributed by atoms with Crippen LogP contribution in [0.4, 0.5) is 4.79 Å². The van der Waals surface area contributed by atoms with Gasteiger partial charge in [0.1, 0.15) is 6.54 Å². The number of carboxylic acids is 1. The molecule has 8 heteroatoms. The molecule has 0 aromatic carbocycles. The molecule has 8 nitrogen and oxygen atoms in total. The molecule has 0 atom stereocenters. The Hall–Kier alpha value is -2.12. The molecule has 0 unspecified atom stereocenters. The summed E-state index contributed by atoms with van der Waals surface area (Å²) < 4.78 is 0. The van der Waals surface area contributed by atoms with Crippen LogP contribution in [0.5, 0.6) is 0 Å². The van der Waals surface area contributed by atoms with Crippen LogP contribution in [-0.4, -0.2) is 53.5 Å². The summed E-state index contributed by atoms with van der Waals surface area (Å²) in [5.74, 6) is -2.04. The lowest BCUT2D eigenvalue weighted by atomic mass is 10.3. The van der Waals surface area contributed by atoms with Crippen molar-refractivity contribution < 1.29 is 24.3 Å². The standard InChI is InChI=1S/C10H15N3O5/c14-7(2-3-9(16)17)12-10(18)13-5-1-4-11-8(15)6-13/h1-6H2,(H,11,15)(H,16,17)(H,12,14,18). The molecule has 1 saturated heterocycles. The van der Waals surface area contributed by atoms with Crippen molar-refractivity contribution in [1.29, 1.82) is 0 Å². The highest BCUT2D eigenvalue weighted by atomic mass is 16.4. The molecule has 1 rings (SSSR count). The van der Waals surface area contributed by atoms with Gasteiger partial charge in [-0.15, -0.1) is 0 Å². The third-order valence-corrected chi connectivity index (χ3v) is 2.36. The van der Waals surface area contributed by atoms with Crippen molar-refractivity contribution in [1.82, 2.24) is 15.5 Å². The summed E-state index contributed by atoms with van der Waals surface area (Å²) >= 11 is 0. The van der Waals surface area contributed by atoms with Crippen molar-refractivity contribution in [3.63, 3.8) is 0 Å². The van der Waals surface area contributed by atoms with E-state index in [1.54, 1.807) is 0 Å². The van der Waals surface area contributed by atoms with E-state index in [1.807, 2.05) is 0 Å². The topological polar surface area (TPSA) is 116 Å². The van der Waals surface area contributed by atoms with Crippen LogP contribution >= 0.6 is 0 Å². The summed E-state index contributed by atoms with van der Waals surface area (Å²) in [6, 6.07) is -0.664. The second-order valence-electron chi connectivity index (χ2n) is 3.87. The van der Waals surface area contributed by atoms with Crippen LogP contribution in [0.25, 0.3) is 0 Å². The molecule has 0 saturated carbocycles. The van der Waals surface area contributed by atoms with Gasteiger partial charge in [0, 0.05) is 19.5 Å². The number of nitrogens with zero attached hydrogens (tertiary/aromatic N) is 1. The molecule has 0 aliphatic carbocycles. The van der Waals surface area contributed by atoms with Gasteiger partial charge in [0.05, 0.1) is 6.42 Å². The van der Waals surface area contributed by atoms with Gasteiger partial charge in [-0.2, -0.15) is 0 Å². The van der Waals surface area contributed by atoms with Crippen LogP contribution in [0.2, 0.25) is 0 Å². The molecule has 0 radical (unpaired) electrons. The molecule has 4 amide bonds. The summed E-state index contributed by atoms with van der Waals surface area (Å²) in [6.45, 7) is 0.768. The predicted molar refractivity (Wildman–Crippen MR) is 59.6 cm³/mol. The van der Waals surface area contributed by atoms with Crippen molar-refractivity contribution in [2.75, 3.05) is 19.6 Å². The van der Waals surface area contributed by atoms with Crippen molar-refractivity contribution in [3.8, 4) is 0 Å². The Balaban J connectivity index is 2.41. The number of amides is 4. The van der Waals surface area contributed by atoms with Gasteiger partial charge >= 0.3 is 12.0 Å². The zero-order valence-corrected chi connectivity index (χ0v) is 9.77. The van der Waals surface area contributed by atoms with Crippen LogP contribution in [0.1, 0.15) is 19.3 Å². The third-order valence-electron chi connectivity index (χ3n) is 2.36. The normalized spacial score (nSPS) is 15.6. The maximum atomic E-state index is 11.6. The molecule has 100 valence electrons. The first kappa shape index (κ1) is 13.9. The Morgan fingerprint density at radius 3 is 2.72 bits per heavy atom. The zero-order valence-electron chi connectivity index (χ0n) is 9.77. The Bertz CT molecular complexity index is 369. The first-order valence-electron chi connectivity index (χ1n) is 5.56. The smallest absolute Gasteiger partial charge is 0.324 e. The third kappa shape index (κ3) is 4.81. The van der Waals surface area contributed by atoms with Gasteiger partial charge in [-0.25, -0.2) is 4.79 Å². The molecule has 1 aliphatic heterocycles. The molecule has 3 N–H and O–H groups in total. The number of rotatable bonds is 3. The minimum Gasteiger partial charge on any atom is -0.481 e. The van der Waals surface area contributed by atoms with Crippen LogP contribution in [0.3, 0.4) is 0 Å². The fourth-order valence-corrected chi connectivity index (χ4v) is 1.46. The highest BCUT2D eigenvalue weighted by Gasteiger charge is 2.21. The first-order valence-corrected chi connectivity index (χ1v) is 5.56. The molecule has 1 heterocycles. The number of hydrogen-bond acceptors (Lipinski definition) is 4. The van der Waals surface area contributed by atoms with E-state index < -0.39 is 17.9 Å². The highest BCUT2D eigenvalue weighted by molar-refractivity contribution is 5.96. The van der Waals surface area contributed by atoms with E-state index in [2.05, 4.69) is 10.6 Å². The van der Waals surface area contributed by atoms with Crippen LogP contribution in [0, 0.1) is 0 Å². The zero-order chi connectivity index (χ0) is 13.5. The van der Waals surface area contributed by atoms with Crippen molar-refractivity contribution >= 4 is 23.8 Å². The largest absolute Gasteiger partial charge is 0.481 e. The number of carboxylic acid groups (broad SMARTS) is 1. The Labute approximate surface area is 103 Å². The van der Waals surface area contributed by atoms with Crippen molar-refractivity contribution in [2.45, 2.75) is 19.3 Å². The van der Waals surface area contributed by atoms with Crippen LogP contribution in [0.15, 0.2) is 0 Å². The molecule has 0 spiro atoms. The molecular formula is C10H15N3O5. The van der Waals surface area contributed by atoms with E-state index in [4.69, 9.17) is 5.11 Å². The maximum Gasteiger partial charge on any atom is 0.324 e. The summed E-state index contributed by atoms with van der Waals surface area (Å²) in [7, 11) is 0. The maximum absolute atomic E-state index is 11.6. The van der Waals surface area contributed by atoms with E-state index in [9.17, 15) is 19.2 Å². The molecular weight excluding hydrogens is 242 g/mol. The lowest BCUT2D eigenvalue weighted by molar-refractivity contribution is -0.138. The van der Waals surface area contributed by atoms with Gasteiger partial charge in [0.2, 0.25) is 11.8 Å². The lowest BCUT2D eigenvalue weighted by Gasteiger charge is -2.18. The van der Waals surface area contributed by atoms with E-state index in [0.717, 1.165) is 0 Å². The van der Waals surface area contributed by atoms with Gasteiger partial charge in [0.15, 0.2) is 0 Å². The Morgan fingerprint density at radius 1 is 1.33 bits per heavy atom. The van der Waals surface area contributed by atoms with E-state index in [-0.39, 0.29) is 25.3 Å². The van der Waals surface area contributed by atoms with E-state index >= 15 is 0 Å².